The van der Waals surface area contributed by atoms with Crippen LogP contribution >= 0.6 is 0 Å². The number of nitrogens with zero attached hydrogens (tertiary/aromatic N) is 1. The van der Waals surface area contributed by atoms with Crippen LogP contribution in [0.2, 0.25) is 0 Å². The van der Waals surface area contributed by atoms with Crippen molar-refractivity contribution in [3.05, 3.63) is 30.4 Å². The number of allylic oxidation sites excluding steroid dienone is 1. The fraction of sp³-hybridized carbons (Fsp3) is 0.286. The van der Waals surface area contributed by atoms with Gasteiger partial charge in [-0.05, 0) is 6.92 Å². The first-order chi connectivity index (χ1) is 4.33. The summed E-state index contributed by atoms with van der Waals surface area (Å²) in [5, 5.41) is 0. The summed E-state index contributed by atoms with van der Waals surface area (Å²) < 4.78 is 0. The molecule has 1 N–H and O–H groups in total. The molecule has 0 spiro atoms. The van der Waals surface area contributed by atoms with E-state index in [0.29, 0.717) is 0 Å². The fourth-order valence-electron chi connectivity index (χ4n) is 0.720. The van der Waals surface area contributed by atoms with Crippen molar-refractivity contribution in [3.8, 4) is 0 Å². The third kappa shape index (κ3) is 9.01. The second kappa shape index (κ2) is 12.7. The Hall–Kier alpha value is 0.690. The topological polar surface area (TPSA) is 28.7 Å². The molecule has 0 aliphatic carbocycles. The maximum absolute atomic E-state index is 4.17. The van der Waals surface area contributed by atoms with Crippen LogP contribution in [0, 0.1) is 6.92 Å². The Kier molecular flexibility index (Phi) is 22.9. The number of aromatic amines is 1. The number of H-pyrrole nitrogens is 1. The van der Waals surface area contributed by atoms with Gasteiger partial charge in [0.25, 0.3) is 0 Å². The molecule has 0 saturated carbocycles. The minimum atomic E-state index is 0. The number of nitrogens with one attached hydrogen (secondary N) is 1. The summed E-state index contributed by atoms with van der Waals surface area (Å²) in [6.07, 6.45) is 4.59. The van der Waals surface area contributed by atoms with Crippen LogP contribution in [-0.4, -0.2) is 35.8 Å². The van der Waals surface area contributed by atoms with Crippen molar-refractivity contribution in [2.24, 2.45) is 0 Å². The maximum Gasteiger partial charge on any atom is 3.00 e. The molecule has 0 saturated heterocycles. The van der Waals surface area contributed by atoms with E-state index in [0.717, 1.165) is 17.9 Å². The van der Waals surface area contributed by atoms with Crippen LogP contribution in [0.4, 0.5) is 0 Å². The first-order valence-electron chi connectivity index (χ1n) is 2.94. The first-order valence-corrected chi connectivity index (χ1v) is 2.94. The minimum absolute atomic E-state index is 0. The monoisotopic (exact) mass is 342 g/mol. The van der Waals surface area contributed by atoms with Gasteiger partial charge in [-0.15, -0.1) is 6.58 Å². The molecule has 0 amide bonds. The van der Waals surface area contributed by atoms with Gasteiger partial charge in [0.1, 0.15) is 5.82 Å². The molecular formula is C7H10Cl3InN2. The Morgan fingerprint density at radius 2 is 2.00 bits per heavy atom. The smallest absolute Gasteiger partial charge is 1.00 e. The largest absolute Gasteiger partial charge is 3.00 e. The van der Waals surface area contributed by atoms with Crippen molar-refractivity contribution in [2.45, 2.75) is 13.3 Å². The van der Waals surface area contributed by atoms with Crippen molar-refractivity contribution >= 4 is 25.8 Å². The molecule has 0 aliphatic heterocycles. The summed E-state index contributed by atoms with van der Waals surface area (Å²) in [5.41, 5.74) is 1.06. The van der Waals surface area contributed by atoms with Gasteiger partial charge < -0.3 is 42.2 Å². The van der Waals surface area contributed by atoms with Gasteiger partial charge in [0.2, 0.25) is 0 Å². The van der Waals surface area contributed by atoms with Gasteiger partial charge in [-0.25, -0.2) is 4.98 Å². The second-order valence-corrected chi connectivity index (χ2v) is 1.97. The van der Waals surface area contributed by atoms with E-state index >= 15 is 0 Å². The molecule has 0 atom stereocenters. The zero-order valence-corrected chi connectivity index (χ0v) is 12.8. The van der Waals surface area contributed by atoms with Crippen molar-refractivity contribution < 1.29 is 37.2 Å². The van der Waals surface area contributed by atoms with Gasteiger partial charge in [-0.2, -0.15) is 0 Å². The fourth-order valence-corrected chi connectivity index (χ4v) is 0.720. The Morgan fingerprint density at radius 1 is 1.46 bits per heavy atom. The molecule has 1 aromatic heterocycles. The molecular weight excluding hydrogens is 333 g/mol. The molecule has 0 fully saturated rings. The third-order valence-corrected chi connectivity index (χ3v) is 1.11. The van der Waals surface area contributed by atoms with Crippen molar-refractivity contribution in [1.82, 2.24) is 9.97 Å². The van der Waals surface area contributed by atoms with Gasteiger partial charge in [0.15, 0.2) is 0 Å². The van der Waals surface area contributed by atoms with E-state index in [-0.39, 0.29) is 63.1 Å². The van der Waals surface area contributed by atoms with Crippen LogP contribution in [0.3, 0.4) is 0 Å². The molecule has 0 unspecified atom stereocenters. The normalized spacial score (nSPS) is 6.54. The molecule has 2 nitrogen and oxygen atoms in total. The molecule has 1 rings (SSSR count). The molecule has 0 bridgehead atoms. The van der Waals surface area contributed by atoms with Crippen LogP contribution in [-0.2, 0) is 6.42 Å². The molecule has 0 radical (unpaired) electrons. The molecule has 13 heavy (non-hydrogen) atoms. The van der Waals surface area contributed by atoms with E-state index in [1.165, 1.54) is 0 Å². The summed E-state index contributed by atoms with van der Waals surface area (Å²) in [6.45, 7) is 5.55. The third-order valence-electron chi connectivity index (χ3n) is 1.11. The summed E-state index contributed by atoms with van der Waals surface area (Å²) in [7, 11) is 0. The first kappa shape index (κ1) is 23.5. The van der Waals surface area contributed by atoms with E-state index in [1.807, 2.05) is 19.2 Å². The Morgan fingerprint density at radius 3 is 2.31 bits per heavy atom. The SMILES string of the molecule is C=CCc1c[nH]c(C)n1.[Cl-].[Cl-].[Cl-].[In+3]. The minimum Gasteiger partial charge on any atom is -1.00 e. The predicted octanol–water partition coefficient (Wildman–Crippen LogP) is -7.92. The van der Waals surface area contributed by atoms with Gasteiger partial charge in [-0.1, -0.05) is 6.08 Å². The number of hydrogen-bond donors (Lipinski definition) is 1. The maximum atomic E-state index is 4.17. The van der Waals surface area contributed by atoms with Gasteiger partial charge in [0.05, 0.1) is 5.69 Å². The molecule has 0 aromatic carbocycles. The van der Waals surface area contributed by atoms with Gasteiger partial charge in [0, 0.05) is 12.6 Å². The average Bonchev–Trinajstić information content (AvgIpc) is 2.17. The quantitative estimate of drug-likeness (QED) is 0.531. The predicted molar refractivity (Wildman–Crippen MR) is 43.0 cm³/mol. The van der Waals surface area contributed by atoms with Crippen LogP contribution < -0.4 is 37.2 Å². The van der Waals surface area contributed by atoms with E-state index in [9.17, 15) is 0 Å². The second-order valence-electron chi connectivity index (χ2n) is 1.97. The number of rotatable bonds is 2. The number of imidazole rings is 1. The van der Waals surface area contributed by atoms with E-state index < -0.39 is 0 Å². The number of hydrogen-bond acceptors (Lipinski definition) is 1. The molecule has 1 aromatic rings. The standard InChI is InChI=1S/C7H10N2.3ClH.In/c1-3-4-7-5-8-6(2)9-7;;;;/h3,5H,1,4H2,2H3,(H,8,9);3*1H;/q;;;;+3/p-3. The molecule has 72 valence electrons. The van der Waals surface area contributed by atoms with Gasteiger partial charge >= 0.3 is 25.8 Å². The average molecular weight is 343 g/mol. The van der Waals surface area contributed by atoms with Crippen molar-refractivity contribution in [1.29, 1.82) is 0 Å². The Labute approximate surface area is 116 Å². The van der Waals surface area contributed by atoms with Crippen LogP contribution in [0.5, 0.6) is 0 Å². The molecule has 1 heterocycles. The summed E-state index contributed by atoms with van der Waals surface area (Å²) >= 11 is 0. The van der Waals surface area contributed by atoms with E-state index in [2.05, 4.69) is 16.5 Å². The number of aryl methyl sites for hydroxylation is 1. The number of aromatic nitrogens is 2. The van der Waals surface area contributed by atoms with Crippen LogP contribution in [0.15, 0.2) is 18.9 Å². The summed E-state index contributed by atoms with van der Waals surface area (Å²) in [4.78, 5) is 7.17. The summed E-state index contributed by atoms with van der Waals surface area (Å²) in [6, 6.07) is 0. The zero-order valence-electron chi connectivity index (χ0n) is 7.23. The van der Waals surface area contributed by atoms with Crippen LogP contribution in [0.25, 0.3) is 0 Å². The van der Waals surface area contributed by atoms with E-state index in [1.54, 1.807) is 0 Å². The molecule has 6 heteroatoms. The van der Waals surface area contributed by atoms with Gasteiger partial charge in [-0.3, -0.25) is 0 Å². The zero-order chi connectivity index (χ0) is 6.69. The Balaban J connectivity index is -0.000000101. The summed E-state index contributed by atoms with van der Waals surface area (Å²) in [5.74, 6) is 0.965. The van der Waals surface area contributed by atoms with E-state index in [4.69, 9.17) is 0 Å². The molecule has 0 aliphatic rings. The Bertz CT molecular complexity index is 215. The van der Waals surface area contributed by atoms with Crippen molar-refractivity contribution in [2.75, 3.05) is 0 Å². The van der Waals surface area contributed by atoms with Crippen LogP contribution in [0.1, 0.15) is 11.5 Å². The van der Waals surface area contributed by atoms with Crippen molar-refractivity contribution in [3.63, 3.8) is 0 Å². The number of halogens is 3.